The number of thioether (sulfide) groups is 1. The first-order valence-corrected chi connectivity index (χ1v) is 8.48. The molecule has 21 heavy (non-hydrogen) atoms. The first-order valence-electron chi connectivity index (χ1n) is 7.43. The molecule has 1 heterocycles. The highest BCUT2D eigenvalue weighted by Crippen LogP contribution is 2.39. The van der Waals surface area contributed by atoms with E-state index >= 15 is 0 Å². The topological polar surface area (TPSA) is 38.3 Å². The Morgan fingerprint density at radius 2 is 2.29 bits per heavy atom. The summed E-state index contributed by atoms with van der Waals surface area (Å²) in [6.07, 6.45) is 2.83. The van der Waals surface area contributed by atoms with E-state index in [1.54, 1.807) is 23.9 Å². The van der Waals surface area contributed by atoms with Crippen molar-refractivity contribution in [3.8, 4) is 5.75 Å². The van der Waals surface area contributed by atoms with Crippen LogP contribution in [0.4, 0.5) is 9.18 Å². The van der Waals surface area contributed by atoms with E-state index in [-0.39, 0.29) is 16.8 Å². The number of rotatable bonds is 4. The highest BCUT2D eigenvalue weighted by molar-refractivity contribution is 7.99. The molecule has 1 aromatic carbocycles. The normalized spacial score (nSPS) is 18.6. The van der Waals surface area contributed by atoms with Crippen LogP contribution in [0.5, 0.6) is 5.75 Å². The molecule has 1 unspecified atom stereocenters. The molecule has 0 bridgehead atoms. The maximum Gasteiger partial charge on any atom is 0.412 e. The van der Waals surface area contributed by atoms with Gasteiger partial charge in [0.05, 0.1) is 0 Å². The molecule has 1 aliphatic rings. The molecule has 0 aliphatic carbocycles. The average molecular weight is 311 g/mol. The first-order chi connectivity index (χ1) is 10.1. The van der Waals surface area contributed by atoms with Crippen LogP contribution < -0.4 is 10.1 Å². The van der Waals surface area contributed by atoms with Crippen LogP contribution in [-0.2, 0) is 0 Å². The molecule has 0 radical (unpaired) electrons. The second-order valence-electron chi connectivity index (χ2n) is 5.70. The van der Waals surface area contributed by atoms with E-state index in [4.69, 9.17) is 4.74 Å². The molecule has 1 saturated heterocycles. The summed E-state index contributed by atoms with van der Waals surface area (Å²) in [5.41, 5.74) is 0.717. The molecule has 1 atom stereocenters. The van der Waals surface area contributed by atoms with Gasteiger partial charge in [0.25, 0.3) is 0 Å². The molecule has 1 aromatic rings. The predicted molar refractivity (Wildman–Crippen MR) is 84.3 cm³/mol. The Labute approximate surface area is 129 Å². The Morgan fingerprint density at radius 3 is 2.90 bits per heavy atom. The highest BCUT2D eigenvalue weighted by atomic mass is 32.2. The number of ether oxygens (including phenoxy) is 1. The van der Waals surface area contributed by atoms with Crippen molar-refractivity contribution in [1.82, 2.24) is 5.32 Å². The molecule has 0 saturated carbocycles. The van der Waals surface area contributed by atoms with Gasteiger partial charge in [-0.05, 0) is 30.6 Å². The monoisotopic (exact) mass is 311 g/mol. The minimum atomic E-state index is -0.539. The van der Waals surface area contributed by atoms with Gasteiger partial charge >= 0.3 is 6.09 Å². The summed E-state index contributed by atoms with van der Waals surface area (Å²) in [4.78, 5) is 11.6. The van der Waals surface area contributed by atoms with Crippen LogP contribution in [0.25, 0.3) is 0 Å². The number of benzene rings is 1. The van der Waals surface area contributed by atoms with Gasteiger partial charge in [0.1, 0.15) is 11.6 Å². The molecule has 0 aromatic heterocycles. The molecule has 1 aliphatic heterocycles. The van der Waals surface area contributed by atoms with Gasteiger partial charge in [-0.2, -0.15) is 11.8 Å². The summed E-state index contributed by atoms with van der Waals surface area (Å²) in [7, 11) is 0. The number of halogens is 1. The van der Waals surface area contributed by atoms with Crippen LogP contribution in [-0.4, -0.2) is 18.4 Å². The Balaban J connectivity index is 1.96. The number of amides is 1. The standard InChI is InChI=1S/C16H22FNO2S/c1-11(2)10-18-16(19)20-12-6-7-13(14(17)9-12)15-5-3-4-8-21-15/h6-7,9,11,15H,3-5,8,10H2,1-2H3,(H,18,19). The van der Waals surface area contributed by atoms with Gasteiger partial charge in [-0.1, -0.05) is 26.3 Å². The van der Waals surface area contributed by atoms with Crippen molar-refractivity contribution in [3.05, 3.63) is 29.6 Å². The predicted octanol–water partition coefficient (Wildman–Crippen LogP) is 4.53. The van der Waals surface area contributed by atoms with E-state index < -0.39 is 6.09 Å². The number of carbonyl (C=O) groups is 1. The van der Waals surface area contributed by atoms with Gasteiger partial charge in [-0.15, -0.1) is 0 Å². The third kappa shape index (κ3) is 4.92. The molecule has 5 heteroatoms. The number of hydrogen-bond donors (Lipinski definition) is 1. The van der Waals surface area contributed by atoms with Gasteiger partial charge < -0.3 is 10.1 Å². The zero-order valence-electron chi connectivity index (χ0n) is 12.5. The largest absolute Gasteiger partial charge is 0.412 e. The van der Waals surface area contributed by atoms with Gasteiger partial charge in [0.2, 0.25) is 0 Å². The number of hydrogen-bond acceptors (Lipinski definition) is 3. The minimum absolute atomic E-state index is 0.225. The van der Waals surface area contributed by atoms with E-state index in [0.29, 0.717) is 12.5 Å². The van der Waals surface area contributed by atoms with Crippen molar-refractivity contribution in [2.75, 3.05) is 12.3 Å². The van der Waals surface area contributed by atoms with Crippen LogP contribution in [0.15, 0.2) is 18.2 Å². The molecule has 0 spiro atoms. The van der Waals surface area contributed by atoms with E-state index in [1.807, 2.05) is 13.8 Å². The zero-order valence-corrected chi connectivity index (χ0v) is 13.3. The summed E-state index contributed by atoms with van der Waals surface area (Å²) < 4.78 is 19.3. The molecule has 1 fully saturated rings. The van der Waals surface area contributed by atoms with Crippen molar-refractivity contribution in [2.45, 2.75) is 38.4 Å². The molecule has 2 rings (SSSR count). The van der Waals surface area contributed by atoms with E-state index in [2.05, 4.69) is 5.32 Å². The SMILES string of the molecule is CC(C)CNC(=O)Oc1ccc(C2CCCCS2)c(F)c1. The molecular weight excluding hydrogens is 289 g/mol. The molecule has 116 valence electrons. The van der Waals surface area contributed by atoms with Crippen LogP contribution in [0.3, 0.4) is 0 Å². The van der Waals surface area contributed by atoms with Crippen LogP contribution in [0, 0.1) is 11.7 Å². The Bertz CT molecular complexity index is 487. The lowest BCUT2D eigenvalue weighted by Gasteiger charge is -2.22. The number of nitrogens with one attached hydrogen (secondary N) is 1. The van der Waals surface area contributed by atoms with Crippen molar-refractivity contribution >= 4 is 17.9 Å². The first kappa shape index (κ1) is 16.1. The van der Waals surface area contributed by atoms with Crippen molar-refractivity contribution in [3.63, 3.8) is 0 Å². The summed E-state index contributed by atoms with van der Waals surface area (Å²) >= 11 is 1.80. The fourth-order valence-corrected chi connectivity index (χ4v) is 3.61. The lowest BCUT2D eigenvalue weighted by Crippen LogP contribution is -2.30. The fraction of sp³-hybridized carbons (Fsp3) is 0.562. The maximum atomic E-state index is 14.2. The molecule has 3 nitrogen and oxygen atoms in total. The second-order valence-corrected chi connectivity index (χ2v) is 7.01. The summed E-state index contributed by atoms with van der Waals surface area (Å²) in [5.74, 6) is 1.39. The Kier molecular flexibility index (Phi) is 5.91. The molecule has 1 amide bonds. The van der Waals surface area contributed by atoms with Crippen LogP contribution in [0.2, 0.25) is 0 Å². The lowest BCUT2D eigenvalue weighted by atomic mass is 10.1. The Morgan fingerprint density at radius 1 is 1.48 bits per heavy atom. The van der Waals surface area contributed by atoms with Crippen molar-refractivity contribution < 1.29 is 13.9 Å². The lowest BCUT2D eigenvalue weighted by molar-refractivity contribution is 0.199. The quantitative estimate of drug-likeness (QED) is 0.888. The summed E-state index contributed by atoms with van der Waals surface area (Å²) in [6, 6.07) is 4.71. The molecular formula is C16H22FNO2S. The Hall–Kier alpha value is -1.23. The van der Waals surface area contributed by atoms with Gasteiger partial charge in [0, 0.05) is 23.4 Å². The fourth-order valence-electron chi connectivity index (χ4n) is 2.25. The van der Waals surface area contributed by atoms with E-state index in [1.165, 1.54) is 12.5 Å². The summed E-state index contributed by atoms with van der Waals surface area (Å²) in [6.45, 7) is 4.53. The number of carbonyl (C=O) groups excluding carboxylic acids is 1. The minimum Gasteiger partial charge on any atom is -0.410 e. The summed E-state index contributed by atoms with van der Waals surface area (Å²) in [5, 5.41) is 2.86. The van der Waals surface area contributed by atoms with Crippen molar-refractivity contribution in [2.24, 2.45) is 5.92 Å². The smallest absolute Gasteiger partial charge is 0.410 e. The van der Waals surface area contributed by atoms with Crippen LogP contribution >= 0.6 is 11.8 Å². The molecule has 1 N–H and O–H groups in total. The van der Waals surface area contributed by atoms with Gasteiger partial charge in [0.15, 0.2) is 0 Å². The van der Waals surface area contributed by atoms with E-state index in [0.717, 1.165) is 24.2 Å². The van der Waals surface area contributed by atoms with E-state index in [9.17, 15) is 9.18 Å². The van der Waals surface area contributed by atoms with Gasteiger partial charge in [-0.3, -0.25) is 0 Å². The van der Waals surface area contributed by atoms with Crippen LogP contribution in [0.1, 0.15) is 43.9 Å². The highest BCUT2D eigenvalue weighted by Gasteiger charge is 2.20. The second kappa shape index (κ2) is 7.69. The third-order valence-electron chi connectivity index (χ3n) is 3.36. The van der Waals surface area contributed by atoms with Gasteiger partial charge in [-0.25, -0.2) is 9.18 Å². The van der Waals surface area contributed by atoms with Crippen molar-refractivity contribution in [1.29, 1.82) is 0 Å². The zero-order chi connectivity index (χ0) is 15.2. The third-order valence-corrected chi connectivity index (χ3v) is 4.78. The average Bonchev–Trinajstić information content (AvgIpc) is 2.46. The maximum absolute atomic E-state index is 14.2.